The molecule has 0 aliphatic carbocycles. The van der Waals surface area contributed by atoms with E-state index >= 15 is 0 Å². The third kappa shape index (κ3) is 47.9. The highest BCUT2D eigenvalue weighted by molar-refractivity contribution is 5.71. The van der Waals surface area contributed by atoms with Crippen LogP contribution in [0.5, 0.6) is 0 Å². The molecule has 0 saturated carbocycles. The Labute approximate surface area is 387 Å². The van der Waals surface area contributed by atoms with Gasteiger partial charge in [-0.2, -0.15) is 0 Å². The van der Waals surface area contributed by atoms with E-state index < -0.39 is 6.10 Å². The lowest BCUT2D eigenvalue weighted by Crippen LogP contribution is -2.30. The number of rotatable bonds is 50. The van der Waals surface area contributed by atoms with Gasteiger partial charge in [0.25, 0.3) is 0 Å². The van der Waals surface area contributed by atoms with Gasteiger partial charge in [-0.25, -0.2) is 0 Å². The van der Waals surface area contributed by atoms with Gasteiger partial charge in [0.15, 0.2) is 6.10 Å². The standard InChI is InChI=1S/C56H108O6/c1-6-8-9-10-11-12-13-14-17-22-25-28-31-38-43-48-56(59)62-53(50-61-55(58)47-42-37-33-32-35-40-45-52(5)7-2)49-60-54(57)46-41-36-30-27-24-21-19-16-15-18-20-23-26-29-34-39-44-51(3)4/h51-53H,6-50H2,1-5H3/t52?,53-/m0/s1. The summed E-state index contributed by atoms with van der Waals surface area (Å²) in [6, 6.07) is 0. The molecule has 0 aromatic rings. The maximum Gasteiger partial charge on any atom is 0.306 e. The van der Waals surface area contributed by atoms with Crippen LogP contribution >= 0.6 is 0 Å². The van der Waals surface area contributed by atoms with Crippen molar-refractivity contribution in [2.24, 2.45) is 11.8 Å². The highest BCUT2D eigenvalue weighted by atomic mass is 16.6. The first-order valence-electron chi connectivity index (χ1n) is 27.8. The minimum Gasteiger partial charge on any atom is -0.462 e. The van der Waals surface area contributed by atoms with Gasteiger partial charge in [-0.3, -0.25) is 14.4 Å². The molecule has 0 spiro atoms. The molecule has 6 heteroatoms. The molecule has 0 aliphatic rings. The van der Waals surface area contributed by atoms with E-state index in [-0.39, 0.29) is 31.1 Å². The Balaban J connectivity index is 4.25. The predicted octanol–water partition coefficient (Wildman–Crippen LogP) is 18.1. The van der Waals surface area contributed by atoms with E-state index in [0.717, 1.165) is 69.6 Å². The summed E-state index contributed by atoms with van der Waals surface area (Å²) in [5.41, 5.74) is 0. The molecule has 1 unspecified atom stereocenters. The summed E-state index contributed by atoms with van der Waals surface area (Å²) in [4.78, 5) is 38.0. The van der Waals surface area contributed by atoms with Gasteiger partial charge >= 0.3 is 17.9 Å². The maximum atomic E-state index is 12.8. The van der Waals surface area contributed by atoms with E-state index in [2.05, 4.69) is 34.6 Å². The average Bonchev–Trinajstić information content (AvgIpc) is 3.26. The molecule has 0 heterocycles. The number of carbonyl (C=O) groups is 3. The number of hydrogen-bond acceptors (Lipinski definition) is 6. The van der Waals surface area contributed by atoms with Crippen LogP contribution in [0.1, 0.15) is 311 Å². The molecule has 0 N–H and O–H groups in total. The number of unbranched alkanes of at least 4 members (excludes halogenated alkanes) is 34. The molecule has 6 nitrogen and oxygen atoms in total. The molecule has 0 radical (unpaired) electrons. The smallest absolute Gasteiger partial charge is 0.306 e. The fourth-order valence-corrected chi connectivity index (χ4v) is 8.49. The third-order valence-electron chi connectivity index (χ3n) is 13.1. The fourth-order valence-electron chi connectivity index (χ4n) is 8.49. The van der Waals surface area contributed by atoms with Gasteiger partial charge in [0.05, 0.1) is 0 Å². The zero-order valence-electron chi connectivity index (χ0n) is 42.5. The van der Waals surface area contributed by atoms with Crippen molar-refractivity contribution in [1.82, 2.24) is 0 Å². The van der Waals surface area contributed by atoms with E-state index in [9.17, 15) is 14.4 Å². The monoisotopic (exact) mass is 877 g/mol. The summed E-state index contributed by atoms with van der Waals surface area (Å²) in [6.45, 7) is 11.4. The lowest BCUT2D eigenvalue weighted by atomic mass is 10.00. The highest BCUT2D eigenvalue weighted by Gasteiger charge is 2.19. The molecule has 0 aromatic carbocycles. The average molecular weight is 877 g/mol. The minimum atomic E-state index is -0.762. The topological polar surface area (TPSA) is 78.9 Å². The summed E-state index contributed by atoms with van der Waals surface area (Å²) in [7, 11) is 0. The number of ether oxygens (including phenoxy) is 3. The Kier molecular flexibility index (Phi) is 47.6. The second-order valence-electron chi connectivity index (χ2n) is 19.9. The van der Waals surface area contributed by atoms with Crippen molar-refractivity contribution in [3.63, 3.8) is 0 Å². The van der Waals surface area contributed by atoms with E-state index in [1.165, 1.54) is 199 Å². The van der Waals surface area contributed by atoms with Crippen molar-refractivity contribution in [3.05, 3.63) is 0 Å². The molecule has 0 bridgehead atoms. The molecule has 0 fully saturated rings. The van der Waals surface area contributed by atoms with Gasteiger partial charge in [-0.1, -0.05) is 272 Å². The number of esters is 3. The molecule has 0 aromatic heterocycles. The molecule has 0 saturated heterocycles. The molecule has 2 atom stereocenters. The summed E-state index contributed by atoms with van der Waals surface area (Å²) in [5.74, 6) is 0.821. The van der Waals surface area contributed by atoms with Crippen LogP contribution in [0.15, 0.2) is 0 Å². The summed E-state index contributed by atoms with van der Waals surface area (Å²) < 4.78 is 16.8. The Morgan fingerprint density at radius 2 is 0.613 bits per heavy atom. The zero-order valence-corrected chi connectivity index (χ0v) is 42.5. The Hall–Kier alpha value is -1.59. The van der Waals surface area contributed by atoms with Gasteiger partial charge in [0, 0.05) is 19.3 Å². The first-order valence-corrected chi connectivity index (χ1v) is 27.8. The Morgan fingerprint density at radius 1 is 0.339 bits per heavy atom. The highest BCUT2D eigenvalue weighted by Crippen LogP contribution is 2.18. The van der Waals surface area contributed by atoms with Crippen LogP contribution in [0.25, 0.3) is 0 Å². The van der Waals surface area contributed by atoms with Gasteiger partial charge in [0.1, 0.15) is 13.2 Å². The van der Waals surface area contributed by atoms with Crippen molar-refractivity contribution < 1.29 is 28.6 Å². The SMILES string of the molecule is CCCCCCCCCCCCCCCCCC(=O)O[C@@H](COC(=O)CCCCCCCCCCCCCCCCCCC(C)C)COC(=O)CCCCCCCCC(C)CC. The van der Waals surface area contributed by atoms with Gasteiger partial charge in [-0.05, 0) is 31.1 Å². The normalized spacial score (nSPS) is 12.5. The van der Waals surface area contributed by atoms with Gasteiger partial charge in [-0.15, -0.1) is 0 Å². The Morgan fingerprint density at radius 3 is 0.919 bits per heavy atom. The van der Waals surface area contributed by atoms with Crippen LogP contribution in [-0.4, -0.2) is 37.2 Å². The van der Waals surface area contributed by atoms with Crippen LogP contribution in [0, 0.1) is 11.8 Å². The van der Waals surface area contributed by atoms with E-state index in [1.807, 2.05) is 0 Å². The summed E-state index contributed by atoms with van der Waals surface area (Å²) in [6.07, 6.45) is 51.0. The molecule has 0 amide bonds. The summed E-state index contributed by atoms with van der Waals surface area (Å²) in [5, 5.41) is 0. The van der Waals surface area contributed by atoms with Crippen molar-refractivity contribution in [3.8, 4) is 0 Å². The van der Waals surface area contributed by atoms with Gasteiger partial charge < -0.3 is 14.2 Å². The number of hydrogen-bond donors (Lipinski definition) is 0. The van der Waals surface area contributed by atoms with Crippen LogP contribution < -0.4 is 0 Å². The first-order chi connectivity index (χ1) is 30.3. The maximum absolute atomic E-state index is 12.8. The lowest BCUT2D eigenvalue weighted by Gasteiger charge is -2.18. The zero-order chi connectivity index (χ0) is 45.4. The van der Waals surface area contributed by atoms with E-state index in [1.54, 1.807) is 0 Å². The van der Waals surface area contributed by atoms with Crippen LogP contribution in [0.3, 0.4) is 0 Å². The third-order valence-corrected chi connectivity index (χ3v) is 13.1. The van der Waals surface area contributed by atoms with Crippen molar-refractivity contribution >= 4 is 17.9 Å². The van der Waals surface area contributed by atoms with Gasteiger partial charge in [0.2, 0.25) is 0 Å². The second-order valence-corrected chi connectivity index (χ2v) is 19.9. The fraction of sp³-hybridized carbons (Fsp3) is 0.946. The summed E-state index contributed by atoms with van der Waals surface area (Å²) >= 11 is 0. The molecule has 0 rings (SSSR count). The van der Waals surface area contributed by atoms with E-state index in [4.69, 9.17) is 14.2 Å². The molecular weight excluding hydrogens is 769 g/mol. The minimum absolute atomic E-state index is 0.0637. The van der Waals surface area contributed by atoms with Crippen LogP contribution in [0.2, 0.25) is 0 Å². The molecule has 0 aliphatic heterocycles. The van der Waals surface area contributed by atoms with Crippen LogP contribution in [-0.2, 0) is 28.6 Å². The largest absolute Gasteiger partial charge is 0.462 e. The second kappa shape index (κ2) is 48.9. The lowest BCUT2D eigenvalue weighted by molar-refractivity contribution is -0.167. The predicted molar refractivity (Wildman–Crippen MR) is 266 cm³/mol. The van der Waals surface area contributed by atoms with Crippen molar-refractivity contribution in [2.45, 2.75) is 317 Å². The quantitative estimate of drug-likeness (QED) is 0.0344. The Bertz CT molecular complexity index is 949. The first kappa shape index (κ1) is 60.4. The molecule has 62 heavy (non-hydrogen) atoms. The van der Waals surface area contributed by atoms with Crippen molar-refractivity contribution in [1.29, 1.82) is 0 Å². The van der Waals surface area contributed by atoms with E-state index in [0.29, 0.717) is 19.3 Å². The number of carbonyl (C=O) groups excluding carboxylic acids is 3. The molecule has 368 valence electrons. The van der Waals surface area contributed by atoms with Crippen LogP contribution in [0.4, 0.5) is 0 Å². The van der Waals surface area contributed by atoms with Crippen molar-refractivity contribution in [2.75, 3.05) is 13.2 Å². The molecular formula is C56H108O6.